The smallest absolute Gasteiger partial charge is 0.238 e. The zero-order chi connectivity index (χ0) is 19.3. The van der Waals surface area contributed by atoms with Gasteiger partial charge in [0.2, 0.25) is 5.91 Å². The van der Waals surface area contributed by atoms with Crippen molar-refractivity contribution in [1.82, 2.24) is 15.1 Å². The van der Waals surface area contributed by atoms with Crippen LogP contribution in [-0.4, -0.2) is 53.5 Å². The molecular formula is C21H32N4O. The van der Waals surface area contributed by atoms with Gasteiger partial charge in [0.15, 0.2) is 0 Å². The number of carbonyl (C=O) groups is 1. The van der Waals surface area contributed by atoms with Gasteiger partial charge in [0.1, 0.15) is 5.54 Å². The molecule has 1 aliphatic rings. The third-order valence-electron chi connectivity index (χ3n) is 5.76. The predicted octanol–water partition coefficient (Wildman–Crippen LogP) is 2.56. The maximum atomic E-state index is 12.6. The predicted molar refractivity (Wildman–Crippen MR) is 104 cm³/mol. The van der Waals surface area contributed by atoms with E-state index < -0.39 is 5.54 Å². The van der Waals surface area contributed by atoms with Gasteiger partial charge < -0.3 is 5.32 Å². The summed E-state index contributed by atoms with van der Waals surface area (Å²) in [6.07, 6.45) is 0. The van der Waals surface area contributed by atoms with Crippen molar-refractivity contribution >= 4 is 5.91 Å². The molecule has 2 rings (SSSR count). The lowest BCUT2D eigenvalue weighted by molar-refractivity contribution is -0.128. The highest BCUT2D eigenvalue weighted by atomic mass is 16.2. The minimum atomic E-state index is -0.821. The van der Waals surface area contributed by atoms with E-state index in [2.05, 4.69) is 52.4 Å². The largest absolute Gasteiger partial charge is 0.336 e. The normalized spacial score (nSPS) is 19.6. The second-order valence-corrected chi connectivity index (χ2v) is 7.87. The van der Waals surface area contributed by atoms with Crippen LogP contribution >= 0.6 is 0 Å². The van der Waals surface area contributed by atoms with Gasteiger partial charge in [-0.2, -0.15) is 5.26 Å². The van der Waals surface area contributed by atoms with Crippen molar-refractivity contribution in [2.75, 3.05) is 26.2 Å². The van der Waals surface area contributed by atoms with Crippen LogP contribution in [0.15, 0.2) is 24.3 Å². The first-order valence-electron chi connectivity index (χ1n) is 9.51. The molecule has 0 bridgehead atoms. The Morgan fingerprint density at radius 1 is 1.23 bits per heavy atom. The Kier molecular flexibility index (Phi) is 6.80. The van der Waals surface area contributed by atoms with Crippen LogP contribution < -0.4 is 5.32 Å². The number of nitrogens with one attached hydrogen (secondary N) is 1. The number of benzene rings is 1. The van der Waals surface area contributed by atoms with Crippen LogP contribution in [0, 0.1) is 24.2 Å². The van der Waals surface area contributed by atoms with Crippen LogP contribution in [0.1, 0.15) is 38.8 Å². The summed E-state index contributed by atoms with van der Waals surface area (Å²) in [5.41, 5.74) is 1.87. The topological polar surface area (TPSA) is 59.4 Å². The zero-order valence-corrected chi connectivity index (χ0v) is 16.7. The first-order chi connectivity index (χ1) is 12.3. The molecule has 1 fully saturated rings. The average Bonchev–Trinajstić information content (AvgIpc) is 2.63. The van der Waals surface area contributed by atoms with Gasteiger partial charge in [0, 0.05) is 32.7 Å². The number of nitrogens with zero attached hydrogens (tertiary/aromatic N) is 3. The summed E-state index contributed by atoms with van der Waals surface area (Å²) in [5.74, 6) is 0.00436. The molecule has 1 N–H and O–H groups in total. The van der Waals surface area contributed by atoms with E-state index in [1.807, 2.05) is 20.8 Å². The summed E-state index contributed by atoms with van der Waals surface area (Å²) in [5, 5.41) is 12.4. The van der Waals surface area contributed by atoms with Crippen LogP contribution in [0.5, 0.6) is 0 Å². The second-order valence-electron chi connectivity index (χ2n) is 7.87. The Bertz CT molecular complexity index is 658. The standard InChI is InChI=1S/C21H32N4O/c1-16(2)21(5,15-22)23-20(26)18(4)25-12-10-24(11-13-25)14-19-9-7-6-8-17(19)3/h6-9,16,18H,10-14H2,1-5H3,(H,23,26)/t18-,21+/m0/s1. The van der Waals surface area contributed by atoms with Gasteiger partial charge in [0.05, 0.1) is 12.1 Å². The lowest BCUT2D eigenvalue weighted by Gasteiger charge is -2.38. The highest BCUT2D eigenvalue weighted by Crippen LogP contribution is 2.17. The molecule has 0 saturated carbocycles. The van der Waals surface area contributed by atoms with Crippen LogP contribution in [0.4, 0.5) is 0 Å². The van der Waals surface area contributed by atoms with Crippen LogP contribution in [-0.2, 0) is 11.3 Å². The monoisotopic (exact) mass is 356 g/mol. The third kappa shape index (κ3) is 4.84. The first kappa shape index (κ1) is 20.4. The minimum Gasteiger partial charge on any atom is -0.336 e. The fraction of sp³-hybridized carbons (Fsp3) is 0.619. The van der Waals surface area contributed by atoms with E-state index in [0.717, 1.165) is 32.7 Å². The second kappa shape index (κ2) is 8.66. The van der Waals surface area contributed by atoms with E-state index >= 15 is 0 Å². The summed E-state index contributed by atoms with van der Waals surface area (Å²) < 4.78 is 0. The van der Waals surface area contributed by atoms with E-state index in [1.165, 1.54) is 11.1 Å². The van der Waals surface area contributed by atoms with Crippen molar-refractivity contribution in [3.05, 3.63) is 35.4 Å². The van der Waals surface area contributed by atoms with Crippen LogP contribution in [0.3, 0.4) is 0 Å². The van der Waals surface area contributed by atoms with Gasteiger partial charge in [-0.1, -0.05) is 38.1 Å². The highest BCUT2D eigenvalue weighted by molar-refractivity contribution is 5.82. The summed E-state index contributed by atoms with van der Waals surface area (Å²) in [6, 6.07) is 10.5. The first-order valence-corrected chi connectivity index (χ1v) is 9.51. The van der Waals surface area contributed by atoms with Gasteiger partial charge in [0.25, 0.3) is 0 Å². The molecule has 0 aliphatic carbocycles. The van der Waals surface area contributed by atoms with Crippen LogP contribution in [0.2, 0.25) is 0 Å². The Morgan fingerprint density at radius 3 is 2.38 bits per heavy atom. The van der Waals surface area contributed by atoms with E-state index in [1.54, 1.807) is 6.92 Å². The number of rotatable bonds is 6. The summed E-state index contributed by atoms with van der Waals surface area (Å²) in [4.78, 5) is 17.3. The van der Waals surface area contributed by atoms with Gasteiger partial charge in [-0.15, -0.1) is 0 Å². The quantitative estimate of drug-likeness (QED) is 0.851. The number of hydrogen-bond donors (Lipinski definition) is 1. The number of carbonyl (C=O) groups excluding carboxylic acids is 1. The molecule has 5 heteroatoms. The number of hydrogen-bond acceptors (Lipinski definition) is 4. The Balaban J connectivity index is 1.88. The molecule has 1 aliphatic heterocycles. The van der Waals surface area contributed by atoms with E-state index in [4.69, 9.17) is 0 Å². The molecule has 0 aromatic heterocycles. The fourth-order valence-electron chi connectivity index (χ4n) is 3.16. The molecule has 0 unspecified atom stereocenters. The van der Waals surface area contributed by atoms with Crippen molar-refractivity contribution in [2.24, 2.45) is 5.92 Å². The molecule has 142 valence electrons. The van der Waals surface area contributed by atoms with E-state index in [9.17, 15) is 10.1 Å². The summed E-state index contributed by atoms with van der Waals surface area (Å²) in [7, 11) is 0. The lowest BCUT2D eigenvalue weighted by Crippen LogP contribution is -2.58. The van der Waals surface area contributed by atoms with Gasteiger partial charge >= 0.3 is 0 Å². The Labute approximate surface area is 158 Å². The molecule has 1 saturated heterocycles. The molecule has 1 aromatic carbocycles. The van der Waals surface area contributed by atoms with Gasteiger partial charge in [-0.3, -0.25) is 14.6 Å². The molecular weight excluding hydrogens is 324 g/mol. The number of piperazine rings is 1. The van der Waals surface area contributed by atoms with Crippen LogP contribution in [0.25, 0.3) is 0 Å². The number of aryl methyl sites for hydroxylation is 1. The molecule has 26 heavy (non-hydrogen) atoms. The van der Waals surface area contributed by atoms with Crippen molar-refractivity contribution < 1.29 is 4.79 Å². The molecule has 1 heterocycles. The minimum absolute atomic E-state index is 0.0601. The van der Waals surface area contributed by atoms with Crippen molar-refractivity contribution in [3.63, 3.8) is 0 Å². The molecule has 5 nitrogen and oxygen atoms in total. The van der Waals surface area contributed by atoms with Gasteiger partial charge in [-0.25, -0.2) is 0 Å². The SMILES string of the molecule is Cc1ccccc1CN1CCN([C@@H](C)C(=O)N[C@](C)(C#N)C(C)C)CC1. The molecule has 1 aromatic rings. The zero-order valence-electron chi connectivity index (χ0n) is 16.7. The van der Waals surface area contributed by atoms with E-state index in [-0.39, 0.29) is 17.9 Å². The highest BCUT2D eigenvalue weighted by Gasteiger charge is 2.33. The van der Waals surface area contributed by atoms with Crippen molar-refractivity contribution in [3.8, 4) is 6.07 Å². The summed E-state index contributed by atoms with van der Waals surface area (Å²) >= 11 is 0. The average molecular weight is 357 g/mol. The molecule has 0 radical (unpaired) electrons. The van der Waals surface area contributed by atoms with E-state index in [0.29, 0.717) is 0 Å². The molecule has 1 amide bonds. The molecule has 0 spiro atoms. The maximum Gasteiger partial charge on any atom is 0.238 e. The van der Waals surface area contributed by atoms with Gasteiger partial charge in [-0.05, 0) is 37.8 Å². The lowest BCUT2D eigenvalue weighted by atomic mass is 9.89. The fourth-order valence-corrected chi connectivity index (χ4v) is 3.16. The van der Waals surface area contributed by atoms with Crippen molar-refractivity contribution in [2.45, 2.75) is 52.7 Å². The number of nitriles is 1. The maximum absolute atomic E-state index is 12.6. The third-order valence-corrected chi connectivity index (χ3v) is 5.76. The Morgan fingerprint density at radius 2 is 1.85 bits per heavy atom. The number of amides is 1. The summed E-state index contributed by atoms with van der Waals surface area (Å²) in [6.45, 7) is 14.4. The van der Waals surface area contributed by atoms with Crippen molar-refractivity contribution in [1.29, 1.82) is 5.26 Å². The Hall–Kier alpha value is -1.90. The molecule has 2 atom stereocenters.